The maximum Gasteiger partial charge on any atom is 0.210 e. The predicted octanol–water partition coefficient (Wildman–Crippen LogP) is 2.05. The largest absolute Gasteiger partial charge is 0.330 e. The number of hydrogen-bond acceptors (Lipinski definition) is 5. The van der Waals surface area contributed by atoms with Crippen molar-refractivity contribution in [2.24, 2.45) is 5.73 Å². The highest BCUT2D eigenvalue weighted by molar-refractivity contribution is 7.15. The van der Waals surface area contributed by atoms with E-state index >= 15 is 0 Å². The number of anilines is 2. The summed E-state index contributed by atoms with van der Waals surface area (Å²) in [5.74, 6) is 0. The number of nitrogens with one attached hydrogen (secondary N) is 1. The van der Waals surface area contributed by atoms with Crippen molar-refractivity contribution in [3.8, 4) is 0 Å². The summed E-state index contributed by atoms with van der Waals surface area (Å²) < 4.78 is 0. The lowest BCUT2D eigenvalue weighted by molar-refractivity contribution is 0.960. The number of aromatic nitrogens is 2. The van der Waals surface area contributed by atoms with E-state index in [9.17, 15) is 0 Å². The third-order valence-electron chi connectivity index (χ3n) is 1.91. The van der Waals surface area contributed by atoms with E-state index in [1.54, 1.807) is 0 Å². The Labute approximate surface area is 92.2 Å². The molecule has 5 heteroatoms. The molecule has 0 aliphatic rings. The highest BCUT2D eigenvalue weighted by Crippen LogP contribution is 2.20. The minimum atomic E-state index is 0.438. The Balaban J connectivity index is 2.14. The molecule has 0 unspecified atom stereocenters. The topological polar surface area (TPSA) is 63.8 Å². The summed E-state index contributed by atoms with van der Waals surface area (Å²) in [4.78, 5) is 0. The van der Waals surface area contributed by atoms with Gasteiger partial charge in [-0.25, -0.2) is 0 Å². The minimum absolute atomic E-state index is 0.438. The summed E-state index contributed by atoms with van der Waals surface area (Å²) in [6, 6.07) is 8.11. The van der Waals surface area contributed by atoms with Crippen LogP contribution in [0.5, 0.6) is 0 Å². The zero-order valence-electron chi connectivity index (χ0n) is 8.40. The lowest BCUT2D eigenvalue weighted by Gasteiger charge is -2.01. The molecule has 4 nitrogen and oxygen atoms in total. The molecule has 0 radical (unpaired) electrons. The van der Waals surface area contributed by atoms with E-state index in [1.807, 2.05) is 12.1 Å². The first-order chi connectivity index (χ1) is 7.28. The molecule has 0 atom stereocenters. The molecule has 0 fully saturated rings. The molecule has 2 rings (SSSR count). The summed E-state index contributed by atoms with van der Waals surface area (Å²) in [5.41, 5.74) is 7.70. The molecule has 0 aliphatic heterocycles. The van der Waals surface area contributed by atoms with E-state index in [0.717, 1.165) is 15.8 Å². The molecule has 0 amide bonds. The fraction of sp³-hybridized carbons (Fsp3) is 0.200. The smallest absolute Gasteiger partial charge is 0.210 e. The second-order valence-corrected chi connectivity index (χ2v) is 4.26. The number of benzene rings is 1. The van der Waals surface area contributed by atoms with Gasteiger partial charge in [-0.05, 0) is 24.6 Å². The molecule has 1 aromatic heterocycles. The lowest BCUT2D eigenvalue weighted by atomic mass is 10.2. The number of nitrogens with two attached hydrogens (primary N) is 1. The monoisotopic (exact) mass is 220 g/mol. The summed E-state index contributed by atoms with van der Waals surface area (Å²) in [6.45, 7) is 2.49. The number of rotatable bonds is 3. The Morgan fingerprint density at radius 2 is 2.27 bits per heavy atom. The van der Waals surface area contributed by atoms with Gasteiger partial charge in [0, 0.05) is 12.2 Å². The Bertz CT molecular complexity index is 452. The first-order valence-electron chi connectivity index (χ1n) is 4.64. The van der Waals surface area contributed by atoms with E-state index in [-0.39, 0.29) is 0 Å². The summed E-state index contributed by atoms with van der Waals surface area (Å²) >= 11 is 1.48. The molecule has 0 saturated carbocycles. The van der Waals surface area contributed by atoms with E-state index in [4.69, 9.17) is 5.73 Å². The highest BCUT2D eigenvalue weighted by atomic mass is 32.1. The molecule has 1 aromatic carbocycles. The fourth-order valence-corrected chi connectivity index (χ4v) is 1.87. The van der Waals surface area contributed by atoms with Crippen LogP contribution in [0.25, 0.3) is 0 Å². The van der Waals surface area contributed by atoms with E-state index in [2.05, 4.69) is 34.6 Å². The van der Waals surface area contributed by atoms with Gasteiger partial charge in [0.2, 0.25) is 5.13 Å². The van der Waals surface area contributed by atoms with Gasteiger partial charge in [0.25, 0.3) is 0 Å². The van der Waals surface area contributed by atoms with Crippen molar-refractivity contribution < 1.29 is 0 Å². The molecule has 0 bridgehead atoms. The van der Waals surface area contributed by atoms with Gasteiger partial charge in [-0.3, -0.25) is 0 Å². The molecule has 15 heavy (non-hydrogen) atoms. The van der Waals surface area contributed by atoms with Crippen LogP contribution in [0.1, 0.15) is 10.6 Å². The summed E-state index contributed by atoms with van der Waals surface area (Å²) in [5, 5.41) is 12.7. The predicted molar refractivity (Wildman–Crippen MR) is 62.3 cm³/mol. The molecule has 0 saturated heterocycles. The van der Waals surface area contributed by atoms with E-state index in [1.165, 1.54) is 16.9 Å². The molecule has 78 valence electrons. The van der Waals surface area contributed by atoms with Crippen LogP contribution in [0.15, 0.2) is 24.3 Å². The van der Waals surface area contributed by atoms with Gasteiger partial charge in [0.15, 0.2) is 0 Å². The second kappa shape index (κ2) is 4.37. The average Bonchev–Trinajstić information content (AvgIpc) is 2.65. The Hall–Kier alpha value is -1.46. The first kappa shape index (κ1) is 10.1. The van der Waals surface area contributed by atoms with Crippen LogP contribution in [-0.2, 0) is 6.54 Å². The zero-order valence-corrected chi connectivity index (χ0v) is 9.21. The molecule has 0 aliphatic carbocycles. The molecule has 2 aromatic rings. The van der Waals surface area contributed by atoms with Gasteiger partial charge in [-0.2, -0.15) is 0 Å². The lowest BCUT2D eigenvalue weighted by Crippen LogP contribution is -1.94. The van der Waals surface area contributed by atoms with Gasteiger partial charge < -0.3 is 11.1 Å². The highest BCUT2D eigenvalue weighted by Gasteiger charge is 2.02. The summed E-state index contributed by atoms with van der Waals surface area (Å²) in [7, 11) is 0. The third kappa shape index (κ3) is 2.51. The maximum atomic E-state index is 5.46. The molecule has 1 heterocycles. The first-order valence-corrected chi connectivity index (χ1v) is 5.46. The van der Waals surface area contributed by atoms with Gasteiger partial charge in [0.1, 0.15) is 5.01 Å². The van der Waals surface area contributed by atoms with Crippen LogP contribution in [-0.4, -0.2) is 10.2 Å². The standard InChI is InChI=1S/C10H12N4S/c1-7-3-2-4-8(5-7)12-10-14-13-9(6-11)15-10/h2-5H,6,11H2,1H3,(H,12,14). The van der Waals surface area contributed by atoms with Crippen molar-refractivity contribution in [2.75, 3.05) is 5.32 Å². The van der Waals surface area contributed by atoms with Crippen LogP contribution < -0.4 is 11.1 Å². The Kier molecular flexibility index (Phi) is 2.94. The van der Waals surface area contributed by atoms with Crippen molar-refractivity contribution in [3.05, 3.63) is 34.8 Å². The Morgan fingerprint density at radius 3 is 2.93 bits per heavy atom. The molecular weight excluding hydrogens is 208 g/mol. The molecular formula is C10H12N4S. The third-order valence-corrected chi connectivity index (χ3v) is 2.77. The number of hydrogen-bond donors (Lipinski definition) is 2. The molecule has 3 N–H and O–H groups in total. The van der Waals surface area contributed by atoms with Gasteiger partial charge in [-0.1, -0.05) is 23.5 Å². The van der Waals surface area contributed by atoms with Crippen LogP contribution in [0.2, 0.25) is 0 Å². The SMILES string of the molecule is Cc1cccc(Nc2nnc(CN)s2)c1. The zero-order chi connectivity index (χ0) is 10.7. The van der Waals surface area contributed by atoms with Crippen LogP contribution in [0, 0.1) is 6.92 Å². The summed E-state index contributed by atoms with van der Waals surface area (Å²) in [6.07, 6.45) is 0. The van der Waals surface area contributed by atoms with E-state index in [0.29, 0.717) is 6.54 Å². The van der Waals surface area contributed by atoms with Gasteiger partial charge in [0.05, 0.1) is 0 Å². The average molecular weight is 220 g/mol. The van der Waals surface area contributed by atoms with Crippen molar-refractivity contribution in [3.63, 3.8) is 0 Å². The number of aryl methyl sites for hydroxylation is 1. The minimum Gasteiger partial charge on any atom is -0.330 e. The van der Waals surface area contributed by atoms with Crippen LogP contribution >= 0.6 is 11.3 Å². The van der Waals surface area contributed by atoms with E-state index < -0.39 is 0 Å². The van der Waals surface area contributed by atoms with Crippen molar-refractivity contribution >= 4 is 22.2 Å². The van der Waals surface area contributed by atoms with Crippen LogP contribution in [0.3, 0.4) is 0 Å². The van der Waals surface area contributed by atoms with Crippen molar-refractivity contribution in [1.29, 1.82) is 0 Å². The van der Waals surface area contributed by atoms with Crippen molar-refractivity contribution in [1.82, 2.24) is 10.2 Å². The maximum absolute atomic E-state index is 5.46. The van der Waals surface area contributed by atoms with Crippen molar-refractivity contribution in [2.45, 2.75) is 13.5 Å². The number of nitrogens with zero attached hydrogens (tertiary/aromatic N) is 2. The van der Waals surface area contributed by atoms with Gasteiger partial charge in [-0.15, -0.1) is 10.2 Å². The fourth-order valence-electron chi connectivity index (χ4n) is 1.23. The molecule has 0 spiro atoms. The Morgan fingerprint density at radius 1 is 1.40 bits per heavy atom. The van der Waals surface area contributed by atoms with Gasteiger partial charge >= 0.3 is 0 Å². The second-order valence-electron chi connectivity index (χ2n) is 3.20. The quantitative estimate of drug-likeness (QED) is 0.831. The van der Waals surface area contributed by atoms with Crippen LogP contribution in [0.4, 0.5) is 10.8 Å². The normalized spacial score (nSPS) is 10.3.